The largest absolute Gasteiger partial charge is 0.416 e. The van der Waals surface area contributed by atoms with E-state index in [9.17, 15) is 18.0 Å². The van der Waals surface area contributed by atoms with E-state index in [-0.39, 0.29) is 5.56 Å². The Morgan fingerprint density at radius 1 is 1.00 bits per heavy atom. The van der Waals surface area contributed by atoms with Gasteiger partial charge < -0.3 is 4.57 Å². The molecule has 0 atom stereocenters. The molecule has 0 spiro atoms. The first-order chi connectivity index (χ1) is 14.7. The van der Waals surface area contributed by atoms with Crippen LogP contribution in [0.25, 0.3) is 16.8 Å². The quantitative estimate of drug-likeness (QED) is 0.487. The molecular formula is C23H19F3N4O. The molecule has 0 unspecified atom stereocenters. The summed E-state index contributed by atoms with van der Waals surface area (Å²) in [5.41, 5.74) is 2.28. The molecule has 1 aliphatic rings. The minimum absolute atomic E-state index is 0.0590. The molecule has 3 heterocycles. The Morgan fingerprint density at radius 3 is 2.45 bits per heavy atom. The smallest absolute Gasteiger partial charge is 0.318 e. The maximum atomic E-state index is 13.2. The summed E-state index contributed by atoms with van der Waals surface area (Å²) in [6, 6.07) is 11.0. The van der Waals surface area contributed by atoms with Gasteiger partial charge in [0.25, 0.3) is 5.56 Å². The van der Waals surface area contributed by atoms with Gasteiger partial charge in [0.2, 0.25) is 0 Å². The van der Waals surface area contributed by atoms with E-state index in [0.717, 1.165) is 17.2 Å². The maximum Gasteiger partial charge on any atom is 0.416 e. The van der Waals surface area contributed by atoms with Gasteiger partial charge in [-0.25, -0.2) is 0 Å². The number of hydrogen-bond donors (Lipinski definition) is 0. The number of alkyl halides is 3. The zero-order valence-corrected chi connectivity index (χ0v) is 16.9. The number of fused-ring (bicyclic) bond motifs is 1. The topological polar surface area (TPSA) is 52.2 Å². The van der Waals surface area contributed by atoms with Crippen molar-refractivity contribution < 1.29 is 13.2 Å². The highest BCUT2D eigenvalue weighted by Crippen LogP contribution is 2.53. The minimum Gasteiger partial charge on any atom is -0.318 e. The summed E-state index contributed by atoms with van der Waals surface area (Å²) in [6.07, 6.45) is 0.668. The lowest BCUT2D eigenvalue weighted by atomic mass is 9.93. The van der Waals surface area contributed by atoms with Crippen molar-refractivity contribution in [2.24, 2.45) is 7.05 Å². The fourth-order valence-electron chi connectivity index (χ4n) is 4.18. The van der Waals surface area contributed by atoms with Crippen LogP contribution < -0.4 is 5.56 Å². The third-order valence-electron chi connectivity index (χ3n) is 6.02. The maximum absolute atomic E-state index is 13.2. The summed E-state index contributed by atoms with van der Waals surface area (Å²) < 4.78 is 43.1. The molecule has 0 radical (unpaired) electrons. The second-order valence-electron chi connectivity index (χ2n) is 8.16. The molecule has 31 heavy (non-hydrogen) atoms. The Balaban J connectivity index is 1.64. The molecule has 1 aromatic carbocycles. The van der Waals surface area contributed by atoms with Gasteiger partial charge in [-0.3, -0.25) is 9.20 Å². The van der Waals surface area contributed by atoms with Gasteiger partial charge in [0.15, 0.2) is 5.65 Å². The van der Waals surface area contributed by atoms with Crippen LogP contribution in [0.15, 0.2) is 59.7 Å². The molecule has 158 valence electrons. The molecule has 4 aromatic rings. The van der Waals surface area contributed by atoms with Gasteiger partial charge in [-0.15, -0.1) is 10.2 Å². The Labute approximate surface area is 175 Å². The van der Waals surface area contributed by atoms with E-state index >= 15 is 0 Å². The van der Waals surface area contributed by atoms with Gasteiger partial charge in [0.1, 0.15) is 5.82 Å². The lowest BCUT2D eigenvalue weighted by Crippen LogP contribution is -2.18. The SMILES string of the molecule is Cc1cc(-c2ccc3nnc(C4(c5cccc(C(F)(F)F)c5)CC4)n3c2)cn(C)c1=O. The van der Waals surface area contributed by atoms with Gasteiger partial charge in [0.05, 0.1) is 11.0 Å². The van der Waals surface area contributed by atoms with Crippen molar-refractivity contribution >= 4 is 5.65 Å². The molecule has 0 amide bonds. The predicted octanol–water partition coefficient (Wildman–Crippen LogP) is 4.50. The van der Waals surface area contributed by atoms with Crippen molar-refractivity contribution in [2.75, 3.05) is 0 Å². The van der Waals surface area contributed by atoms with Crippen molar-refractivity contribution in [2.45, 2.75) is 31.4 Å². The predicted molar refractivity (Wildman–Crippen MR) is 110 cm³/mol. The van der Waals surface area contributed by atoms with Crippen LogP contribution in [-0.4, -0.2) is 19.2 Å². The number of nitrogens with zero attached hydrogens (tertiary/aromatic N) is 4. The number of hydrogen-bond acceptors (Lipinski definition) is 3. The van der Waals surface area contributed by atoms with Crippen LogP contribution in [-0.2, 0) is 18.6 Å². The highest BCUT2D eigenvalue weighted by Gasteiger charge is 2.50. The van der Waals surface area contributed by atoms with Crippen LogP contribution in [0.4, 0.5) is 13.2 Å². The first-order valence-corrected chi connectivity index (χ1v) is 9.90. The third kappa shape index (κ3) is 3.13. The first-order valence-electron chi connectivity index (χ1n) is 9.90. The molecule has 0 N–H and O–H groups in total. The number of pyridine rings is 2. The van der Waals surface area contributed by atoms with Crippen molar-refractivity contribution in [3.05, 3.63) is 87.7 Å². The van der Waals surface area contributed by atoms with Crippen molar-refractivity contribution in [1.29, 1.82) is 0 Å². The summed E-state index contributed by atoms with van der Waals surface area (Å²) in [6.45, 7) is 1.77. The van der Waals surface area contributed by atoms with E-state index in [2.05, 4.69) is 10.2 Å². The minimum atomic E-state index is -4.40. The lowest BCUT2D eigenvalue weighted by molar-refractivity contribution is -0.137. The van der Waals surface area contributed by atoms with Gasteiger partial charge in [0, 0.05) is 25.0 Å². The Kier molecular flexibility index (Phi) is 4.12. The average molecular weight is 424 g/mol. The van der Waals surface area contributed by atoms with E-state index < -0.39 is 17.2 Å². The fourth-order valence-corrected chi connectivity index (χ4v) is 4.18. The van der Waals surface area contributed by atoms with Crippen LogP contribution in [0.3, 0.4) is 0 Å². The number of aromatic nitrogens is 4. The van der Waals surface area contributed by atoms with E-state index in [1.165, 1.54) is 16.7 Å². The Bertz CT molecular complexity index is 1350. The molecule has 1 saturated carbocycles. The molecule has 0 aliphatic heterocycles. The third-order valence-corrected chi connectivity index (χ3v) is 6.02. The lowest BCUT2D eigenvalue weighted by Gasteiger charge is -2.16. The van der Waals surface area contributed by atoms with Crippen LogP contribution in [0.1, 0.15) is 35.4 Å². The molecule has 3 aromatic heterocycles. The molecule has 5 rings (SSSR count). The van der Waals surface area contributed by atoms with Crippen molar-refractivity contribution in [3.63, 3.8) is 0 Å². The van der Waals surface area contributed by atoms with Gasteiger partial charge in [-0.05, 0) is 60.7 Å². The standard InChI is InChI=1S/C23H19F3N4O/c1-14-10-16(12-29(2)20(14)31)15-6-7-19-27-28-21(30(19)13-15)22(8-9-22)17-4-3-5-18(11-17)23(24,25)26/h3-7,10-13H,8-9H2,1-2H3. The van der Waals surface area contributed by atoms with E-state index in [4.69, 9.17) is 0 Å². The Morgan fingerprint density at radius 2 is 1.77 bits per heavy atom. The van der Waals surface area contributed by atoms with Crippen LogP contribution in [0, 0.1) is 6.92 Å². The van der Waals surface area contributed by atoms with E-state index in [1.807, 2.05) is 28.8 Å². The zero-order chi connectivity index (χ0) is 22.0. The molecule has 8 heteroatoms. The van der Waals surface area contributed by atoms with Gasteiger partial charge in [-0.2, -0.15) is 13.2 Å². The molecule has 0 bridgehead atoms. The van der Waals surface area contributed by atoms with Gasteiger partial charge >= 0.3 is 6.18 Å². The van der Waals surface area contributed by atoms with Crippen molar-refractivity contribution in [1.82, 2.24) is 19.2 Å². The van der Waals surface area contributed by atoms with E-state index in [1.54, 1.807) is 26.2 Å². The first kappa shape index (κ1) is 19.5. The molecule has 1 aliphatic carbocycles. The van der Waals surface area contributed by atoms with Gasteiger partial charge in [-0.1, -0.05) is 18.2 Å². The summed E-state index contributed by atoms with van der Waals surface area (Å²) >= 11 is 0. The zero-order valence-electron chi connectivity index (χ0n) is 16.9. The number of rotatable bonds is 3. The normalized spacial score (nSPS) is 15.4. The average Bonchev–Trinajstić information content (AvgIpc) is 3.43. The summed E-state index contributed by atoms with van der Waals surface area (Å²) in [4.78, 5) is 12.0. The number of halogens is 3. The number of benzene rings is 1. The van der Waals surface area contributed by atoms with Crippen LogP contribution in [0.5, 0.6) is 0 Å². The van der Waals surface area contributed by atoms with E-state index in [0.29, 0.717) is 35.4 Å². The van der Waals surface area contributed by atoms with Crippen LogP contribution in [0.2, 0.25) is 0 Å². The van der Waals surface area contributed by atoms with Crippen molar-refractivity contribution in [3.8, 4) is 11.1 Å². The fraction of sp³-hybridized carbons (Fsp3) is 0.261. The molecule has 0 saturated heterocycles. The number of aryl methyl sites for hydroxylation is 2. The second-order valence-corrected chi connectivity index (χ2v) is 8.16. The Hall–Kier alpha value is -3.42. The molecule has 5 nitrogen and oxygen atoms in total. The summed E-state index contributed by atoms with van der Waals surface area (Å²) in [5, 5.41) is 8.60. The highest BCUT2D eigenvalue weighted by atomic mass is 19.4. The summed E-state index contributed by atoms with van der Waals surface area (Å²) in [5.74, 6) is 0.630. The summed E-state index contributed by atoms with van der Waals surface area (Å²) in [7, 11) is 1.70. The monoisotopic (exact) mass is 424 g/mol. The van der Waals surface area contributed by atoms with Crippen LogP contribution >= 0.6 is 0 Å². The molecule has 1 fully saturated rings. The highest BCUT2D eigenvalue weighted by molar-refractivity contribution is 5.65. The molecular weight excluding hydrogens is 405 g/mol. The second kappa shape index (κ2) is 6.54.